The monoisotopic (exact) mass is 549 g/mol. The van der Waals surface area contributed by atoms with Gasteiger partial charge >= 0.3 is 21.7 Å². The largest absolute Gasteiger partial charge is 4.00 e. The molecule has 0 fully saturated rings. The number of hydrogen-bond donors (Lipinski definition) is 0. The van der Waals surface area contributed by atoms with Crippen LogP contribution in [0.5, 0.6) is 0 Å². The molecule has 0 saturated carbocycles. The van der Waals surface area contributed by atoms with E-state index in [2.05, 4.69) is 129 Å². The second-order valence-corrected chi connectivity index (χ2v) is 9.20. The minimum absolute atomic E-state index is 0. The Kier molecular flexibility index (Phi) is 28.3. The Balaban J connectivity index is -0.000000517. The summed E-state index contributed by atoms with van der Waals surface area (Å²) in [5, 5.41) is 10.5. The maximum absolute atomic E-state index is 3.50. The molecule has 0 heterocycles. The Bertz CT molecular complexity index is 857. The van der Waals surface area contributed by atoms with Gasteiger partial charge in [-0.05, 0) is 24.0 Å². The number of benzene rings is 2. The third kappa shape index (κ3) is 21.0. The van der Waals surface area contributed by atoms with E-state index in [1.165, 1.54) is 27.8 Å². The fourth-order valence-corrected chi connectivity index (χ4v) is 3.20. The number of hydrogen-bond acceptors (Lipinski definition) is 0. The smallest absolute Gasteiger partial charge is 0.668 e. The van der Waals surface area contributed by atoms with Crippen LogP contribution in [0.1, 0.15) is 45.7 Å². The van der Waals surface area contributed by atoms with Gasteiger partial charge in [-0.2, -0.15) is 53.4 Å². The van der Waals surface area contributed by atoms with Gasteiger partial charge in [0.2, 0.25) is 0 Å². The van der Waals surface area contributed by atoms with Crippen LogP contribution in [-0.2, 0) is 34.6 Å². The molecule has 2 aromatic rings. The summed E-state index contributed by atoms with van der Waals surface area (Å²) in [6.45, 7) is 10.9. The topological polar surface area (TPSA) is 42.3 Å². The van der Waals surface area contributed by atoms with E-state index in [1.807, 2.05) is 12.1 Å². The number of allylic oxidation sites excluding steroid dienone is 8. The van der Waals surface area contributed by atoms with Gasteiger partial charge in [0.05, 0.1) is 0 Å². The molecule has 0 amide bonds. The zero-order chi connectivity index (χ0) is 28.5. The fraction of sp³-hybridized carbons (Fsp3) is 0.412. The van der Waals surface area contributed by atoms with E-state index < -0.39 is 0 Å². The molecule has 3 rings (SSSR count). The van der Waals surface area contributed by atoms with Crippen molar-refractivity contribution in [1.29, 1.82) is 0 Å². The van der Waals surface area contributed by atoms with Crippen molar-refractivity contribution in [2.45, 2.75) is 47.5 Å². The Labute approximate surface area is 250 Å². The summed E-state index contributed by atoms with van der Waals surface area (Å²) in [7, 11) is 10.5. The van der Waals surface area contributed by atoms with Gasteiger partial charge in [0.1, 0.15) is 0 Å². The number of nitrogens with zero attached hydrogens (tertiary/aromatic N) is 3. The average Bonchev–Trinajstić information content (AvgIpc) is 3.05. The van der Waals surface area contributed by atoms with E-state index in [9.17, 15) is 0 Å². The van der Waals surface area contributed by atoms with Crippen molar-refractivity contribution in [2.75, 3.05) is 42.3 Å². The van der Waals surface area contributed by atoms with Crippen molar-refractivity contribution in [2.24, 2.45) is 5.41 Å². The minimum Gasteiger partial charge on any atom is -0.668 e. The first kappa shape index (κ1) is 40.5. The first-order valence-corrected chi connectivity index (χ1v) is 12.8. The molecule has 1 aliphatic rings. The van der Waals surface area contributed by atoms with E-state index in [-0.39, 0.29) is 27.1 Å². The molecule has 206 valence electrons. The molecule has 3 nitrogen and oxygen atoms in total. The van der Waals surface area contributed by atoms with Gasteiger partial charge in [0, 0.05) is 0 Å². The molecule has 0 radical (unpaired) electrons. The predicted octanol–water partition coefficient (Wildman–Crippen LogP) is 9.55. The molecule has 0 atom stereocenters. The van der Waals surface area contributed by atoms with Crippen LogP contribution in [0.3, 0.4) is 0 Å². The quantitative estimate of drug-likeness (QED) is 0.202. The second kappa shape index (κ2) is 26.6. The van der Waals surface area contributed by atoms with Crippen LogP contribution in [0.25, 0.3) is 16.0 Å². The third-order valence-electron chi connectivity index (χ3n) is 5.34. The molecule has 4 heteroatoms. The van der Waals surface area contributed by atoms with Crippen molar-refractivity contribution in [3.05, 3.63) is 135 Å². The van der Waals surface area contributed by atoms with Gasteiger partial charge in [-0.1, -0.05) is 118 Å². The molecule has 0 saturated heterocycles. The molecular weight excluding hydrogens is 498 g/mol. The van der Waals surface area contributed by atoms with E-state index >= 15 is 0 Å². The van der Waals surface area contributed by atoms with E-state index in [4.69, 9.17) is 0 Å². The predicted molar refractivity (Wildman–Crippen MR) is 169 cm³/mol. The molecular formula is C34H51N3Ti. The fourth-order valence-electron chi connectivity index (χ4n) is 3.20. The van der Waals surface area contributed by atoms with E-state index in [0.29, 0.717) is 0 Å². The van der Waals surface area contributed by atoms with Gasteiger partial charge < -0.3 is 16.0 Å². The van der Waals surface area contributed by atoms with Crippen LogP contribution in [0, 0.1) is 11.5 Å². The summed E-state index contributed by atoms with van der Waals surface area (Å²) in [6, 6.07) is 21.0. The molecule has 0 spiro atoms. The van der Waals surface area contributed by atoms with Gasteiger partial charge in [-0.3, -0.25) is 6.08 Å². The van der Waals surface area contributed by atoms with Gasteiger partial charge in [-0.25, -0.2) is 5.57 Å². The second-order valence-electron chi connectivity index (χ2n) is 9.20. The maximum Gasteiger partial charge on any atom is 4.00 e. The van der Waals surface area contributed by atoms with Crippen molar-refractivity contribution >= 4 is 0 Å². The molecule has 0 unspecified atom stereocenters. The van der Waals surface area contributed by atoms with Gasteiger partial charge in [0.15, 0.2) is 0 Å². The molecule has 38 heavy (non-hydrogen) atoms. The first-order chi connectivity index (χ1) is 17.6. The standard InChI is InChI=1S/C18H18.C10H15.3C2H6N.Ti/c1(5-11-17-13-7-3-8-14-17)2-6-12-18-15-9-4-10-16-18;1-7-6-10(4,5)9(3)8(7)2;3*1-3-2;/h1-10,13-16H,11-12H2;1-5H3;3*1-2H3;/q;4*-1;+4. The van der Waals surface area contributed by atoms with Crippen molar-refractivity contribution < 1.29 is 21.7 Å². The zero-order valence-corrected chi connectivity index (χ0v) is 27.4. The Hall–Kier alpha value is -2.01. The normalized spacial score (nSPS) is 13.0. The summed E-state index contributed by atoms with van der Waals surface area (Å²) in [5.41, 5.74) is 7.10. The third-order valence-corrected chi connectivity index (χ3v) is 5.34. The Morgan fingerprint density at radius 2 is 0.947 bits per heavy atom. The van der Waals surface area contributed by atoms with Crippen LogP contribution >= 0.6 is 0 Å². The van der Waals surface area contributed by atoms with Crippen LogP contribution < -0.4 is 0 Å². The minimum atomic E-state index is 0. The summed E-state index contributed by atoms with van der Waals surface area (Å²) in [6.07, 6.45) is 14.1. The Morgan fingerprint density at radius 1 is 0.632 bits per heavy atom. The SMILES string of the molecule is C(C=CCc1ccccc1)=CCc1ccccc1.CC1=[C-]C(C)(C)C(C)=C1C.C[N-]C.C[N-]C.C[N-]C.[Ti+4]. The van der Waals surface area contributed by atoms with E-state index in [1.54, 1.807) is 42.3 Å². The van der Waals surface area contributed by atoms with Gasteiger partial charge in [-0.15, -0.1) is 6.92 Å². The van der Waals surface area contributed by atoms with Crippen LogP contribution in [0.4, 0.5) is 0 Å². The van der Waals surface area contributed by atoms with E-state index in [0.717, 1.165) is 12.8 Å². The van der Waals surface area contributed by atoms with Crippen LogP contribution in [0.15, 0.2) is 102 Å². The molecule has 0 aromatic heterocycles. The van der Waals surface area contributed by atoms with Crippen LogP contribution in [-0.4, -0.2) is 42.3 Å². The summed E-state index contributed by atoms with van der Waals surface area (Å²) >= 11 is 0. The molecule has 0 N–H and O–H groups in total. The van der Waals surface area contributed by atoms with Gasteiger partial charge in [0.25, 0.3) is 0 Å². The summed E-state index contributed by atoms with van der Waals surface area (Å²) in [5.74, 6) is 0. The number of rotatable bonds is 5. The van der Waals surface area contributed by atoms with Crippen LogP contribution in [0.2, 0.25) is 0 Å². The summed E-state index contributed by atoms with van der Waals surface area (Å²) < 4.78 is 0. The summed E-state index contributed by atoms with van der Waals surface area (Å²) in [4.78, 5) is 0. The molecule has 1 aliphatic carbocycles. The van der Waals surface area contributed by atoms with Crippen molar-refractivity contribution in [3.8, 4) is 0 Å². The molecule has 0 aliphatic heterocycles. The molecule has 0 bridgehead atoms. The average molecular weight is 550 g/mol. The molecule has 2 aromatic carbocycles. The van der Waals surface area contributed by atoms with Crippen molar-refractivity contribution in [1.82, 2.24) is 0 Å². The first-order valence-electron chi connectivity index (χ1n) is 12.8. The maximum atomic E-state index is 3.50. The zero-order valence-electron chi connectivity index (χ0n) is 25.8. The van der Waals surface area contributed by atoms with Crippen molar-refractivity contribution in [3.63, 3.8) is 0 Å². The Morgan fingerprint density at radius 3 is 1.16 bits per heavy atom.